The van der Waals surface area contributed by atoms with Crippen molar-refractivity contribution in [1.82, 2.24) is 15.5 Å². The Morgan fingerprint density at radius 2 is 1.80 bits per heavy atom. The summed E-state index contributed by atoms with van der Waals surface area (Å²) in [4.78, 5) is 36.4. The Morgan fingerprint density at radius 1 is 1.12 bits per heavy atom. The van der Waals surface area contributed by atoms with Crippen molar-refractivity contribution in [3.63, 3.8) is 0 Å². The molecule has 138 valence electrons. The first-order valence-electron chi connectivity index (χ1n) is 8.05. The summed E-state index contributed by atoms with van der Waals surface area (Å²) in [5, 5.41) is 4.92. The number of nitrogens with one attached hydrogen (secondary N) is 2. The number of hydrogen-bond acceptors (Lipinski definition) is 4. The maximum absolute atomic E-state index is 12.3. The third kappa shape index (κ3) is 6.03. The molecule has 25 heavy (non-hydrogen) atoms. The van der Waals surface area contributed by atoms with E-state index in [0.29, 0.717) is 19.6 Å². The first-order valence-corrected chi connectivity index (χ1v) is 8.05. The Bertz CT molecular complexity index is 597. The number of carbonyl (C=O) groups is 3. The van der Waals surface area contributed by atoms with Crippen molar-refractivity contribution >= 4 is 30.1 Å². The highest BCUT2D eigenvalue weighted by molar-refractivity contribution is 5.87. The number of hydrogen-bond donors (Lipinski definition) is 3. The minimum absolute atomic E-state index is 0. The van der Waals surface area contributed by atoms with Crippen molar-refractivity contribution in [3.05, 3.63) is 35.9 Å². The van der Waals surface area contributed by atoms with Crippen LogP contribution in [-0.2, 0) is 14.4 Å². The van der Waals surface area contributed by atoms with Crippen LogP contribution in [0.2, 0.25) is 0 Å². The lowest BCUT2D eigenvalue weighted by molar-refractivity contribution is -0.132. The Labute approximate surface area is 153 Å². The number of likely N-dealkylation sites (tertiary alicyclic amines) is 1. The smallest absolute Gasteiger partial charge is 0.241 e. The molecule has 7 nitrogen and oxygen atoms in total. The van der Waals surface area contributed by atoms with Crippen molar-refractivity contribution in [1.29, 1.82) is 0 Å². The molecule has 1 heterocycles. The molecule has 2 atom stereocenters. The summed E-state index contributed by atoms with van der Waals surface area (Å²) in [7, 11) is 0. The zero-order chi connectivity index (χ0) is 17.5. The molecule has 1 aromatic rings. The third-order valence-electron chi connectivity index (χ3n) is 4.26. The number of amides is 3. The molecule has 1 saturated heterocycles. The van der Waals surface area contributed by atoms with Crippen LogP contribution in [0.15, 0.2) is 30.3 Å². The second-order valence-electron chi connectivity index (χ2n) is 6.00. The second-order valence-corrected chi connectivity index (χ2v) is 6.00. The van der Waals surface area contributed by atoms with E-state index in [9.17, 15) is 14.4 Å². The van der Waals surface area contributed by atoms with Gasteiger partial charge in [0.05, 0.1) is 13.1 Å². The molecule has 1 aliphatic rings. The highest BCUT2D eigenvalue weighted by Crippen LogP contribution is 2.31. The Hall–Kier alpha value is -2.12. The van der Waals surface area contributed by atoms with Crippen LogP contribution in [0.1, 0.15) is 18.4 Å². The molecule has 0 aromatic heterocycles. The molecule has 0 radical (unpaired) electrons. The molecule has 4 N–H and O–H groups in total. The number of halogens is 1. The predicted molar refractivity (Wildman–Crippen MR) is 97.2 cm³/mol. The minimum Gasteiger partial charge on any atom is -0.347 e. The highest BCUT2D eigenvalue weighted by Gasteiger charge is 2.35. The van der Waals surface area contributed by atoms with Crippen LogP contribution in [0.3, 0.4) is 0 Å². The quantitative estimate of drug-likeness (QED) is 0.650. The van der Waals surface area contributed by atoms with Crippen LogP contribution < -0.4 is 16.4 Å². The van der Waals surface area contributed by atoms with Gasteiger partial charge >= 0.3 is 0 Å². The van der Waals surface area contributed by atoms with Crippen LogP contribution >= 0.6 is 12.4 Å². The fourth-order valence-electron chi connectivity index (χ4n) is 2.94. The van der Waals surface area contributed by atoms with Crippen LogP contribution in [0.5, 0.6) is 0 Å². The van der Waals surface area contributed by atoms with Gasteiger partial charge in [0.1, 0.15) is 0 Å². The standard InChI is InChI=1S/C17H24N4O3.ClH/c1-12(22)19-8-16(23)20-9-17(24)21-10-14(7-18)15(11-21)13-5-3-2-4-6-13;/h2-6,14-15H,7-11,18H2,1H3,(H,19,22)(H,20,23);1H/t14-,15+;/m1./s1. The van der Waals surface area contributed by atoms with Gasteiger partial charge in [-0.3, -0.25) is 14.4 Å². The molecular formula is C17H25ClN4O3. The van der Waals surface area contributed by atoms with Gasteiger partial charge in [0.25, 0.3) is 0 Å². The van der Waals surface area contributed by atoms with Crippen molar-refractivity contribution in [2.45, 2.75) is 12.8 Å². The summed E-state index contributed by atoms with van der Waals surface area (Å²) >= 11 is 0. The van der Waals surface area contributed by atoms with E-state index in [-0.39, 0.29) is 55.1 Å². The van der Waals surface area contributed by atoms with E-state index in [1.807, 2.05) is 18.2 Å². The fraction of sp³-hybridized carbons (Fsp3) is 0.471. The molecule has 3 amide bonds. The average molecular weight is 369 g/mol. The van der Waals surface area contributed by atoms with E-state index >= 15 is 0 Å². The van der Waals surface area contributed by atoms with Gasteiger partial charge in [0, 0.05) is 25.9 Å². The summed E-state index contributed by atoms with van der Waals surface area (Å²) in [6, 6.07) is 10.0. The van der Waals surface area contributed by atoms with Crippen molar-refractivity contribution in [2.75, 3.05) is 32.7 Å². The number of nitrogens with two attached hydrogens (primary N) is 1. The second kappa shape index (κ2) is 10.0. The van der Waals surface area contributed by atoms with Gasteiger partial charge in [-0.1, -0.05) is 30.3 Å². The summed E-state index contributed by atoms with van der Waals surface area (Å²) in [6.07, 6.45) is 0. The van der Waals surface area contributed by atoms with Crippen LogP contribution in [0, 0.1) is 5.92 Å². The van der Waals surface area contributed by atoms with Gasteiger partial charge in [0.2, 0.25) is 17.7 Å². The van der Waals surface area contributed by atoms with E-state index in [2.05, 4.69) is 22.8 Å². The molecular weight excluding hydrogens is 344 g/mol. The monoisotopic (exact) mass is 368 g/mol. The number of rotatable bonds is 6. The molecule has 1 aliphatic heterocycles. The zero-order valence-electron chi connectivity index (χ0n) is 14.2. The topological polar surface area (TPSA) is 105 Å². The summed E-state index contributed by atoms with van der Waals surface area (Å²) in [6.45, 7) is 2.85. The van der Waals surface area contributed by atoms with Crippen LogP contribution in [0.4, 0.5) is 0 Å². The lowest BCUT2D eigenvalue weighted by atomic mass is 9.89. The van der Waals surface area contributed by atoms with Gasteiger partial charge in [-0.2, -0.15) is 0 Å². The molecule has 1 fully saturated rings. The largest absolute Gasteiger partial charge is 0.347 e. The molecule has 0 spiro atoms. The summed E-state index contributed by atoms with van der Waals surface area (Å²) in [5.74, 6) is -0.370. The lowest BCUT2D eigenvalue weighted by Crippen LogP contribution is -2.42. The molecule has 8 heteroatoms. The van der Waals surface area contributed by atoms with Gasteiger partial charge < -0.3 is 21.3 Å². The SMILES string of the molecule is CC(=O)NCC(=O)NCC(=O)N1C[C@@H](CN)[C@H](c2ccccc2)C1.Cl. The van der Waals surface area contributed by atoms with Gasteiger partial charge in [-0.05, 0) is 18.0 Å². The normalized spacial score (nSPS) is 19.0. The molecule has 0 bridgehead atoms. The summed E-state index contributed by atoms with van der Waals surface area (Å²) in [5.41, 5.74) is 7.04. The van der Waals surface area contributed by atoms with E-state index < -0.39 is 0 Å². The van der Waals surface area contributed by atoms with E-state index in [1.54, 1.807) is 4.90 Å². The van der Waals surface area contributed by atoms with Gasteiger partial charge in [0.15, 0.2) is 0 Å². The van der Waals surface area contributed by atoms with E-state index in [4.69, 9.17) is 5.73 Å². The predicted octanol–water partition coefficient (Wildman–Crippen LogP) is -0.139. The van der Waals surface area contributed by atoms with Crippen LogP contribution in [0.25, 0.3) is 0 Å². The minimum atomic E-state index is -0.382. The molecule has 2 rings (SSSR count). The number of benzene rings is 1. The highest BCUT2D eigenvalue weighted by atomic mass is 35.5. The van der Waals surface area contributed by atoms with Crippen LogP contribution in [-0.4, -0.2) is 55.3 Å². The summed E-state index contributed by atoms with van der Waals surface area (Å²) < 4.78 is 0. The Morgan fingerprint density at radius 3 is 2.40 bits per heavy atom. The number of carbonyl (C=O) groups excluding carboxylic acids is 3. The van der Waals surface area contributed by atoms with Crippen molar-refractivity contribution < 1.29 is 14.4 Å². The third-order valence-corrected chi connectivity index (χ3v) is 4.26. The molecule has 0 saturated carbocycles. The Kier molecular flexibility index (Phi) is 8.37. The van der Waals surface area contributed by atoms with Gasteiger partial charge in [-0.25, -0.2) is 0 Å². The average Bonchev–Trinajstić information content (AvgIpc) is 3.03. The first-order chi connectivity index (χ1) is 11.5. The Balaban J connectivity index is 0.00000312. The lowest BCUT2D eigenvalue weighted by Gasteiger charge is -2.17. The maximum Gasteiger partial charge on any atom is 0.241 e. The van der Waals surface area contributed by atoms with Crippen molar-refractivity contribution in [3.8, 4) is 0 Å². The zero-order valence-corrected chi connectivity index (χ0v) is 15.1. The molecule has 1 aromatic carbocycles. The van der Waals surface area contributed by atoms with E-state index in [1.165, 1.54) is 12.5 Å². The first kappa shape index (κ1) is 20.9. The van der Waals surface area contributed by atoms with Crippen molar-refractivity contribution in [2.24, 2.45) is 11.7 Å². The van der Waals surface area contributed by atoms with E-state index in [0.717, 1.165) is 0 Å². The number of nitrogens with zero attached hydrogens (tertiary/aromatic N) is 1. The maximum atomic E-state index is 12.3. The molecule has 0 aliphatic carbocycles. The fourth-order valence-corrected chi connectivity index (χ4v) is 2.94. The van der Waals surface area contributed by atoms with Gasteiger partial charge in [-0.15, -0.1) is 12.4 Å². The molecule has 0 unspecified atom stereocenters.